The van der Waals surface area contributed by atoms with E-state index in [1.165, 1.54) is 26.7 Å². The maximum Gasteiger partial charge on any atom is 0.0526 e. The predicted molar refractivity (Wildman–Crippen MR) is 141 cm³/mol. The number of fused-ring (bicyclic) bond motifs is 2. The zero-order chi connectivity index (χ0) is 23.0. The number of pyridine rings is 1. The number of nitrogens with zero attached hydrogens (tertiary/aromatic N) is 2. The summed E-state index contributed by atoms with van der Waals surface area (Å²) in [5, 5.41) is 4.19. The van der Waals surface area contributed by atoms with Gasteiger partial charge in [0, 0.05) is 32.6 Å². The summed E-state index contributed by atoms with van der Waals surface area (Å²) in [6, 6.07) is 30.9. The van der Waals surface area contributed by atoms with Crippen molar-refractivity contribution in [3.8, 4) is 0 Å². The Morgan fingerprint density at radius 2 is 1.42 bits per heavy atom. The molecule has 1 aliphatic rings. The Labute approximate surface area is 205 Å². The summed E-state index contributed by atoms with van der Waals surface area (Å²) >= 11 is 7.79. The van der Waals surface area contributed by atoms with Crippen LogP contribution in [0.5, 0.6) is 0 Å². The monoisotopic (exact) mass is 473 g/mol. The van der Waals surface area contributed by atoms with E-state index in [9.17, 15) is 0 Å². The minimum absolute atomic E-state index is 0.320. The maximum absolute atomic E-state index is 5.97. The molecule has 4 aromatic rings. The second-order valence-electron chi connectivity index (χ2n) is 8.17. The van der Waals surface area contributed by atoms with Crippen molar-refractivity contribution >= 4 is 34.7 Å². The van der Waals surface area contributed by atoms with E-state index in [2.05, 4.69) is 96.0 Å². The predicted octanol–water partition coefficient (Wildman–Crippen LogP) is 7.71. The zero-order valence-electron chi connectivity index (χ0n) is 18.9. The molecule has 168 valence electrons. The smallest absolute Gasteiger partial charge is 0.0526 e. The van der Waals surface area contributed by atoms with E-state index in [1.54, 1.807) is 0 Å². The standard InChI is InChI=1S/C16H19ClN2.C12H9NS/c1-19(2)12-10-15(16-5-3-4-11-18-16)13-6-8-14(17)9-7-13;1-3-7-11-9(5-1)13-10-6-2-4-8-12(10)14-11/h3-9,11,15H,10,12H2,1-2H3;1-8,13H. The summed E-state index contributed by atoms with van der Waals surface area (Å²) < 4.78 is 0. The van der Waals surface area contributed by atoms with Gasteiger partial charge in [-0.25, -0.2) is 0 Å². The van der Waals surface area contributed by atoms with Gasteiger partial charge in [-0.2, -0.15) is 0 Å². The largest absolute Gasteiger partial charge is 0.354 e. The number of halogens is 1. The summed E-state index contributed by atoms with van der Waals surface area (Å²) in [6.45, 7) is 1.03. The van der Waals surface area contributed by atoms with E-state index in [1.807, 2.05) is 42.2 Å². The first-order chi connectivity index (χ1) is 16.1. The summed E-state index contributed by atoms with van der Waals surface area (Å²) in [7, 11) is 4.19. The number of anilines is 2. The molecule has 5 heteroatoms. The lowest BCUT2D eigenvalue weighted by Crippen LogP contribution is -2.17. The molecule has 0 saturated carbocycles. The summed E-state index contributed by atoms with van der Waals surface area (Å²) in [4.78, 5) is 9.30. The van der Waals surface area contributed by atoms with Crippen molar-refractivity contribution in [3.63, 3.8) is 0 Å². The van der Waals surface area contributed by atoms with Gasteiger partial charge in [-0.15, -0.1) is 0 Å². The van der Waals surface area contributed by atoms with E-state index in [0.29, 0.717) is 5.92 Å². The van der Waals surface area contributed by atoms with Crippen molar-refractivity contribution in [1.29, 1.82) is 0 Å². The van der Waals surface area contributed by atoms with Crippen LogP contribution in [-0.4, -0.2) is 30.5 Å². The molecule has 2 heterocycles. The molecular weight excluding hydrogens is 446 g/mol. The van der Waals surface area contributed by atoms with Crippen molar-refractivity contribution in [2.24, 2.45) is 0 Å². The van der Waals surface area contributed by atoms with Crippen LogP contribution < -0.4 is 5.32 Å². The van der Waals surface area contributed by atoms with E-state index in [4.69, 9.17) is 11.6 Å². The number of para-hydroxylation sites is 2. The van der Waals surface area contributed by atoms with E-state index in [-0.39, 0.29) is 0 Å². The fourth-order valence-electron chi connectivity index (χ4n) is 3.73. The molecule has 33 heavy (non-hydrogen) atoms. The van der Waals surface area contributed by atoms with Crippen LogP contribution in [0.4, 0.5) is 11.4 Å². The molecule has 3 aromatic carbocycles. The molecule has 0 amide bonds. The van der Waals surface area contributed by atoms with Gasteiger partial charge in [0.1, 0.15) is 0 Å². The number of aromatic nitrogens is 1. The number of rotatable bonds is 5. The van der Waals surface area contributed by atoms with E-state index >= 15 is 0 Å². The molecule has 1 unspecified atom stereocenters. The highest BCUT2D eigenvalue weighted by Crippen LogP contribution is 2.43. The van der Waals surface area contributed by atoms with Crippen LogP contribution in [0.2, 0.25) is 5.02 Å². The lowest BCUT2D eigenvalue weighted by molar-refractivity contribution is 0.389. The fourth-order valence-corrected chi connectivity index (χ4v) is 4.85. The highest BCUT2D eigenvalue weighted by atomic mass is 35.5. The van der Waals surface area contributed by atoms with Crippen molar-refractivity contribution in [2.45, 2.75) is 22.1 Å². The van der Waals surface area contributed by atoms with Crippen molar-refractivity contribution < 1.29 is 0 Å². The van der Waals surface area contributed by atoms with Crippen LogP contribution in [0.15, 0.2) is 107 Å². The van der Waals surface area contributed by atoms with Gasteiger partial charge in [-0.1, -0.05) is 65.8 Å². The molecule has 1 aliphatic heterocycles. The molecule has 5 rings (SSSR count). The molecule has 0 aliphatic carbocycles. The van der Waals surface area contributed by atoms with Gasteiger partial charge >= 0.3 is 0 Å². The molecule has 0 radical (unpaired) electrons. The van der Waals surface area contributed by atoms with Gasteiger partial charge in [-0.3, -0.25) is 4.98 Å². The Kier molecular flexibility index (Phi) is 8.05. The third-order valence-electron chi connectivity index (χ3n) is 5.45. The van der Waals surface area contributed by atoms with Crippen LogP contribution in [-0.2, 0) is 0 Å². The number of benzene rings is 3. The first kappa shape index (κ1) is 23.4. The maximum atomic E-state index is 5.97. The van der Waals surface area contributed by atoms with Crippen molar-refractivity contribution in [3.05, 3.63) is 113 Å². The van der Waals surface area contributed by atoms with Crippen LogP contribution in [0.1, 0.15) is 23.6 Å². The van der Waals surface area contributed by atoms with Gasteiger partial charge < -0.3 is 10.2 Å². The third-order valence-corrected chi connectivity index (χ3v) is 6.85. The van der Waals surface area contributed by atoms with Crippen molar-refractivity contribution in [2.75, 3.05) is 26.0 Å². The SMILES string of the molecule is CN(C)CCC(c1ccc(Cl)cc1)c1ccccn1.c1ccc2c(c1)Nc1ccccc1S2. The Morgan fingerprint density at radius 3 is 2.00 bits per heavy atom. The second-order valence-corrected chi connectivity index (χ2v) is 9.69. The normalized spacial score (nSPS) is 12.6. The van der Waals surface area contributed by atoms with Gasteiger partial charge in [0.05, 0.1) is 11.4 Å². The molecule has 1 atom stereocenters. The van der Waals surface area contributed by atoms with Gasteiger partial charge in [0.25, 0.3) is 0 Å². The highest BCUT2D eigenvalue weighted by Gasteiger charge is 2.15. The van der Waals surface area contributed by atoms with Gasteiger partial charge in [-0.05, 0) is 81.2 Å². The van der Waals surface area contributed by atoms with Crippen LogP contribution in [0, 0.1) is 0 Å². The van der Waals surface area contributed by atoms with Gasteiger partial charge in [0.2, 0.25) is 0 Å². The topological polar surface area (TPSA) is 28.2 Å². The molecule has 0 fully saturated rings. The Bertz CT molecular complexity index is 1080. The molecular formula is C28H28ClN3S. The quantitative estimate of drug-likeness (QED) is 0.283. The molecule has 1 aromatic heterocycles. The Balaban J connectivity index is 0.000000163. The second kappa shape index (κ2) is 11.4. The van der Waals surface area contributed by atoms with Crippen LogP contribution >= 0.6 is 23.4 Å². The van der Waals surface area contributed by atoms with Crippen molar-refractivity contribution in [1.82, 2.24) is 9.88 Å². The van der Waals surface area contributed by atoms with E-state index < -0.39 is 0 Å². The number of hydrogen-bond acceptors (Lipinski definition) is 4. The molecule has 0 saturated heterocycles. The zero-order valence-corrected chi connectivity index (χ0v) is 20.5. The first-order valence-electron chi connectivity index (χ1n) is 11.0. The average molecular weight is 474 g/mol. The Morgan fingerprint density at radius 1 is 0.818 bits per heavy atom. The molecule has 1 N–H and O–H groups in total. The number of nitrogens with one attached hydrogen (secondary N) is 1. The van der Waals surface area contributed by atoms with Crippen LogP contribution in [0.3, 0.4) is 0 Å². The molecule has 0 spiro atoms. The third kappa shape index (κ3) is 6.38. The lowest BCUT2D eigenvalue weighted by atomic mass is 9.92. The molecule has 3 nitrogen and oxygen atoms in total. The number of hydrogen-bond donors (Lipinski definition) is 1. The Hall–Kier alpha value is -2.79. The summed E-state index contributed by atoms with van der Waals surface area (Å²) in [6.07, 6.45) is 2.90. The minimum atomic E-state index is 0.320. The molecule has 0 bridgehead atoms. The van der Waals surface area contributed by atoms with E-state index in [0.717, 1.165) is 23.7 Å². The fraction of sp³-hybridized carbons (Fsp3) is 0.179. The average Bonchev–Trinajstić information content (AvgIpc) is 2.85. The van der Waals surface area contributed by atoms with Crippen LogP contribution in [0.25, 0.3) is 0 Å². The minimum Gasteiger partial charge on any atom is -0.354 e. The first-order valence-corrected chi connectivity index (χ1v) is 12.2. The highest BCUT2D eigenvalue weighted by molar-refractivity contribution is 7.99. The summed E-state index contributed by atoms with van der Waals surface area (Å²) in [5.41, 5.74) is 4.80. The lowest BCUT2D eigenvalue weighted by Gasteiger charge is -2.19. The summed E-state index contributed by atoms with van der Waals surface area (Å²) in [5.74, 6) is 0.320. The van der Waals surface area contributed by atoms with Gasteiger partial charge in [0.15, 0.2) is 0 Å².